The highest BCUT2D eigenvalue weighted by Crippen LogP contribution is 2.23. The van der Waals surface area contributed by atoms with Crippen molar-refractivity contribution in [3.8, 4) is 0 Å². The molecule has 0 spiro atoms. The molecule has 92 valence electrons. The van der Waals surface area contributed by atoms with Crippen LogP contribution in [0, 0.1) is 5.82 Å². The van der Waals surface area contributed by atoms with Crippen molar-refractivity contribution in [3.63, 3.8) is 0 Å². The van der Waals surface area contributed by atoms with E-state index in [-0.39, 0.29) is 5.82 Å². The van der Waals surface area contributed by atoms with Crippen molar-refractivity contribution in [2.75, 3.05) is 0 Å². The average molecular weight is 248 g/mol. The normalized spacial score (nSPS) is 14.2. The van der Waals surface area contributed by atoms with E-state index >= 15 is 0 Å². The Hall–Kier alpha value is -1.63. The van der Waals surface area contributed by atoms with Crippen molar-refractivity contribution in [2.24, 2.45) is 0 Å². The predicted octanol–water partition coefficient (Wildman–Crippen LogP) is 2.17. The maximum Gasteiger partial charge on any atom is 0.414 e. The van der Waals surface area contributed by atoms with Crippen LogP contribution in [-0.2, 0) is 6.42 Å². The van der Waals surface area contributed by atoms with Crippen LogP contribution < -0.4 is 0 Å². The summed E-state index contributed by atoms with van der Waals surface area (Å²) in [6, 6.07) is 3.64. The molecule has 0 aliphatic carbocycles. The number of rotatable bonds is 2. The van der Waals surface area contributed by atoms with E-state index in [1.54, 1.807) is 0 Å². The Bertz CT molecular complexity index is 535. The van der Waals surface area contributed by atoms with Gasteiger partial charge >= 0.3 is 6.18 Å². The highest BCUT2D eigenvalue weighted by molar-refractivity contribution is 5.74. The van der Waals surface area contributed by atoms with E-state index in [4.69, 9.17) is 5.11 Å². The molecule has 17 heavy (non-hydrogen) atoms. The summed E-state index contributed by atoms with van der Waals surface area (Å²) in [6.45, 7) is 0. The SMILES string of the molecule is OC(Cc1nc2ccc(F)cc2[nH]1)C(F)(F)F. The van der Waals surface area contributed by atoms with E-state index in [0.717, 1.165) is 12.1 Å². The third-order valence-corrected chi connectivity index (χ3v) is 2.26. The van der Waals surface area contributed by atoms with Gasteiger partial charge in [-0.25, -0.2) is 9.37 Å². The lowest BCUT2D eigenvalue weighted by Gasteiger charge is -2.12. The number of halogens is 4. The first kappa shape index (κ1) is 11.8. The van der Waals surface area contributed by atoms with Crippen LogP contribution in [0.2, 0.25) is 0 Å². The molecular formula is C10H8F4N2O. The molecule has 0 bridgehead atoms. The number of hydrogen-bond donors (Lipinski definition) is 2. The largest absolute Gasteiger partial charge is 0.414 e. The molecule has 0 aliphatic rings. The molecule has 2 N–H and O–H groups in total. The Kier molecular flexibility index (Phi) is 2.78. The number of H-pyrrole nitrogens is 1. The van der Waals surface area contributed by atoms with Crippen molar-refractivity contribution < 1.29 is 22.7 Å². The van der Waals surface area contributed by atoms with Gasteiger partial charge in [0.15, 0.2) is 6.10 Å². The Labute approximate surface area is 93.1 Å². The molecular weight excluding hydrogens is 240 g/mol. The number of fused-ring (bicyclic) bond motifs is 1. The van der Waals surface area contributed by atoms with Crippen LogP contribution in [0.25, 0.3) is 11.0 Å². The molecule has 1 aromatic carbocycles. The number of hydrogen-bond acceptors (Lipinski definition) is 2. The summed E-state index contributed by atoms with van der Waals surface area (Å²) in [5.41, 5.74) is 0.658. The zero-order valence-corrected chi connectivity index (χ0v) is 8.42. The fourth-order valence-corrected chi connectivity index (χ4v) is 1.43. The highest BCUT2D eigenvalue weighted by atomic mass is 19.4. The topological polar surface area (TPSA) is 48.9 Å². The van der Waals surface area contributed by atoms with Crippen LogP contribution in [0.1, 0.15) is 5.82 Å². The number of nitrogens with zero attached hydrogens (tertiary/aromatic N) is 1. The minimum Gasteiger partial charge on any atom is -0.383 e. The van der Waals surface area contributed by atoms with Gasteiger partial charge in [-0.3, -0.25) is 0 Å². The number of aromatic nitrogens is 2. The zero-order valence-electron chi connectivity index (χ0n) is 8.42. The Morgan fingerprint density at radius 1 is 1.35 bits per heavy atom. The van der Waals surface area contributed by atoms with Gasteiger partial charge in [0, 0.05) is 6.42 Å². The van der Waals surface area contributed by atoms with Crippen LogP contribution in [-0.4, -0.2) is 27.4 Å². The third kappa shape index (κ3) is 2.55. The van der Waals surface area contributed by atoms with Crippen LogP contribution in [0.15, 0.2) is 18.2 Å². The fourth-order valence-electron chi connectivity index (χ4n) is 1.43. The quantitative estimate of drug-likeness (QED) is 0.800. The lowest BCUT2D eigenvalue weighted by atomic mass is 10.2. The predicted molar refractivity (Wildman–Crippen MR) is 51.8 cm³/mol. The van der Waals surface area contributed by atoms with Crippen molar-refractivity contribution >= 4 is 11.0 Å². The molecule has 2 aromatic rings. The first-order valence-corrected chi connectivity index (χ1v) is 4.75. The monoisotopic (exact) mass is 248 g/mol. The van der Waals surface area contributed by atoms with Gasteiger partial charge in [0.2, 0.25) is 0 Å². The van der Waals surface area contributed by atoms with E-state index < -0.39 is 24.5 Å². The summed E-state index contributed by atoms with van der Waals surface area (Å²) in [4.78, 5) is 6.35. The van der Waals surface area contributed by atoms with Gasteiger partial charge in [0.25, 0.3) is 0 Å². The standard InChI is InChI=1S/C10H8F4N2O/c11-5-1-2-6-7(3-5)16-9(15-6)4-8(17)10(12,13)14/h1-3,8,17H,4H2,(H,15,16). The molecule has 0 saturated heterocycles. The van der Waals surface area contributed by atoms with Crippen LogP contribution >= 0.6 is 0 Å². The van der Waals surface area contributed by atoms with Crippen molar-refractivity contribution in [3.05, 3.63) is 29.8 Å². The number of aromatic amines is 1. The zero-order chi connectivity index (χ0) is 12.6. The average Bonchev–Trinajstić information content (AvgIpc) is 2.57. The van der Waals surface area contributed by atoms with E-state index in [0.29, 0.717) is 11.0 Å². The van der Waals surface area contributed by atoms with E-state index in [1.165, 1.54) is 6.07 Å². The number of imidazole rings is 1. The summed E-state index contributed by atoms with van der Waals surface area (Å²) in [5.74, 6) is -0.542. The summed E-state index contributed by atoms with van der Waals surface area (Å²) in [6.07, 6.45) is -7.85. The number of aliphatic hydroxyl groups is 1. The molecule has 1 aromatic heterocycles. The molecule has 1 heterocycles. The van der Waals surface area contributed by atoms with E-state index in [9.17, 15) is 17.6 Å². The summed E-state index contributed by atoms with van der Waals surface area (Å²) >= 11 is 0. The highest BCUT2D eigenvalue weighted by Gasteiger charge is 2.38. The maximum atomic E-state index is 12.8. The molecule has 0 radical (unpaired) electrons. The fraction of sp³-hybridized carbons (Fsp3) is 0.300. The molecule has 1 atom stereocenters. The van der Waals surface area contributed by atoms with E-state index in [2.05, 4.69) is 9.97 Å². The third-order valence-electron chi connectivity index (χ3n) is 2.26. The Morgan fingerprint density at radius 3 is 2.71 bits per heavy atom. The number of benzene rings is 1. The number of alkyl halides is 3. The first-order chi connectivity index (χ1) is 7.86. The summed E-state index contributed by atoms with van der Waals surface area (Å²) in [7, 11) is 0. The van der Waals surface area contributed by atoms with Gasteiger partial charge in [-0.05, 0) is 18.2 Å². The van der Waals surface area contributed by atoms with Crippen LogP contribution in [0.4, 0.5) is 17.6 Å². The van der Waals surface area contributed by atoms with E-state index in [1.807, 2.05) is 0 Å². The van der Waals surface area contributed by atoms with Crippen LogP contribution in [0.3, 0.4) is 0 Å². The molecule has 1 unspecified atom stereocenters. The Balaban J connectivity index is 2.25. The van der Waals surface area contributed by atoms with Gasteiger partial charge in [-0.15, -0.1) is 0 Å². The van der Waals surface area contributed by atoms with Crippen molar-refractivity contribution in [1.29, 1.82) is 0 Å². The van der Waals surface area contributed by atoms with Crippen molar-refractivity contribution in [2.45, 2.75) is 18.7 Å². The minimum absolute atomic E-state index is 0.0320. The van der Waals surface area contributed by atoms with Crippen molar-refractivity contribution in [1.82, 2.24) is 9.97 Å². The lowest BCUT2D eigenvalue weighted by molar-refractivity contribution is -0.203. The summed E-state index contributed by atoms with van der Waals surface area (Å²) < 4.78 is 49.1. The number of nitrogens with one attached hydrogen (secondary N) is 1. The molecule has 0 aliphatic heterocycles. The molecule has 7 heteroatoms. The molecule has 2 rings (SSSR count). The lowest BCUT2D eigenvalue weighted by Crippen LogP contribution is -2.30. The Morgan fingerprint density at radius 2 is 2.06 bits per heavy atom. The minimum atomic E-state index is -4.69. The molecule has 0 saturated carbocycles. The summed E-state index contributed by atoms with van der Waals surface area (Å²) in [5, 5.41) is 8.86. The van der Waals surface area contributed by atoms with Gasteiger partial charge < -0.3 is 10.1 Å². The second-order valence-electron chi connectivity index (χ2n) is 3.61. The molecule has 3 nitrogen and oxygen atoms in total. The first-order valence-electron chi connectivity index (χ1n) is 4.75. The molecule has 0 amide bonds. The van der Waals surface area contributed by atoms with Crippen LogP contribution in [0.5, 0.6) is 0 Å². The molecule has 0 fully saturated rings. The van der Waals surface area contributed by atoms with Gasteiger partial charge in [-0.2, -0.15) is 13.2 Å². The maximum absolute atomic E-state index is 12.8. The van der Waals surface area contributed by atoms with Gasteiger partial charge in [0.05, 0.1) is 11.0 Å². The second-order valence-corrected chi connectivity index (χ2v) is 3.61. The second kappa shape index (κ2) is 3.99. The number of aliphatic hydroxyl groups excluding tert-OH is 1. The van der Waals surface area contributed by atoms with Gasteiger partial charge in [0.1, 0.15) is 11.6 Å². The smallest absolute Gasteiger partial charge is 0.383 e. The van der Waals surface area contributed by atoms with Gasteiger partial charge in [-0.1, -0.05) is 0 Å².